The lowest BCUT2D eigenvalue weighted by atomic mass is 9.79. The normalized spacial score (nSPS) is 25.5. The topological polar surface area (TPSA) is 102 Å². The maximum absolute atomic E-state index is 11.0. The Bertz CT molecular complexity index is 990. The second-order valence-corrected chi connectivity index (χ2v) is 10.8. The first-order valence-electron chi connectivity index (χ1n) is 11.5. The molecular formula is C25H34NO5P. The van der Waals surface area contributed by atoms with E-state index in [1.807, 2.05) is 12.1 Å². The third-order valence-corrected chi connectivity index (χ3v) is 7.68. The van der Waals surface area contributed by atoms with Gasteiger partial charge >= 0.3 is 7.82 Å². The molecular weight excluding hydrogens is 425 g/mol. The van der Waals surface area contributed by atoms with Gasteiger partial charge in [-0.1, -0.05) is 36.4 Å². The number of para-hydroxylation sites is 1. The molecule has 2 aromatic rings. The highest BCUT2D eigenvalue weighted by atomic mass is 31.2. The monoisotopic (exact) mass is 459 g/mol. The van der Waals surface area contributed by atoms with Gasteiger partial charge in [0.25, 0.3) is 0 Å². The Kier molecular flexibility index (Phi) is 7.09. The molecule has 0 bridgehead atoms. The van der Waals surface area contributed by atoms with Crippen molar-refractivity contribution in [2.45, 2.75) is 62.8 Å². The van der Waals surface area contributed by atoms with E-state index >= 15 is 0 Å². The Labute approximate surface area is 190 Å². The molecule has 0 spiro atoms. The second-order valence-electron chi connectivity index (χ2n) is 9.55. The minimum absolute atomic E-state index is 0.105. The third kappa shape index (κ3) is 5.81. The summed E-state index contributed by atoms with van der Waals surface area (Å²) in [6.07, 6.45) is 7.94. The van der Waals surface area contributed by atoms with Crippen LogP contribution in [0, 0.1) is 5.92 Å². The molecule has 2 aliphatic rings. The SMILES string of the molecule is COc1ccccc1CCC1CCc2cc([C@H]3CC[C@@](N)(COP(=O)(O)O)C3)ccc2C1. The molecule has 3 atom stereocenters. The van der Waals surface area contributed by atoms with Crippen molar-refractivity contribution in [1.29, 1.82) is 0 Å². The molecule has 4 rings (SSSR count). The summed E-state index contributed by atoms with van der Waals surface area (Å²) in [5.41, 5.74) is 11.2. The molecule has 2 aromatic carbocycles. The Morgan fingerprint density at radius 1 is 1.16 bits per heavy atom. The maximum atomic E-state index is 11.0. The molecule has 2 aliphatic carbocycles. The van der Waals surface area contributed by atoms with Gasteiger partial charge in [-0.25, -0.2) is 4.57 Å². The number of hydrogen-bond donors (Lipinski definition) is 3. The van der Waals surface area contributed by atoms with Gasteiger partial charge in [0.1, 0.15) is 5.75 Å². The minimum atomic E-state index is -4.49. The Morgan fingerprint density at radius 2 is 1.97 bits per heavy atom. The molecule has 32 heavy (non-hydrogen) atoms. The smallest absolute Gasteiger partial charge is 0.469 e. The molecule has 4 N–H and O–H groups in total. The van der Waals surface area contributed by atoms with Crippen LogP contribution in [0.2, 0.25) is 0 Å². The van der Waals surface area contributed by atoms with Gasteiger partial charge in [-0.05, 0) is 91.5 Å². The van der Waals surface area contributed by atoms with Gasteiger partial charge in [0.05, 0.1) is 13.7 Å². The summed E-state index contributed by atoms with van der Waals surface area (Å²) < 4.78 is 21.2. The van der Waals surface area contributed by atoms with Crippen LogP contribution in [0.3, 0.4) is 0 Å². The molecule has 0 aromatic heterocycles. The molecule has 0 aliphatic heterocycles. The number of ether oxygens (including phenoxy) is 1. The fourth-order valence-electron chi connectivity index (χ4n) is 5.40. The van der Waals surface area contributed by atoms with Crippen LogP contribution >= 0.6 is 7.82 Å². The van der Waals surface area contributed by atoms with Gasteiger partial charge in [-0.15, -0.1) is 0 Å². The summed E-state index contributed by atoms with van der Waals surface area (Å²) in [4.78, 5) is 18.0. The van der Waals surface area contributed by atoms with E-state index < -0.39 is 13.4 Å². The number of benzene rings is 2. The van der Waals surface area contributed by atoms with Crippen LogP contribution in [-0.4, -0.2) is 29.0 Å². The number of rotatable bonds is 8. The summed E-state index contributed by atoms with van der Waals surface area (Å²) in [6.45, 7) is -0.105. The Balaban J connectivity index is 1.35. The van der Waals surface area contributed by atoms with E-state index in [1.165, 1.54) is 35.1 Å². The molecule has 1 unspecified atom stereocenters. The summed E-state index contributed by atoms with van der Waals surface area (Å²) in [5.74, 6) is 1.98. The van der Waals surface area contributed by atoms with Crippen molar-refractivity contribution in [2.24, 2.45) is 11.7 Å². The van der Waals surface area contributed by atoms with Crippen molar-refractivity contribution in [3.63, 3.8) is 0 Å². The molecule has 0 amide bonds. The van der Waals surface area contributed by atoms with Crippen molar-refractivity contribution >= 4 is 7.82 Å². The van der Waals surface area contributed by atoms with E-state index in [4.69, 9.17) is 24.8 Å². The first-order chi connectivity index (χ1) is 15.2. The standard InChI is InChI=1S/C25H34NO5P/c1-30-24-5-3-2-4-19(24)8-6-18-7-9-21-15-22(11-10-20(21)14-18)23-12-13-25(26,16-23)17-31-32(27,28)29/h2-5,10-11,15,18,23H,6-9,12-14,16-17,26H2,1H3,(H2,27,28,29)/t18?,23-,25-/m0/s1. The predicted molar refractivity (Wildman–Crippen MR) is 125 cm³/mol. The quantitative estimate of drug-likeness (QED) is 0.502. The molecule has 0 radical (unpaired) electrons. The number of phosphoric acid groups is 1. The van der Waals surface area contributed by atoms with Gasteiger partial charge in [0, 0.05) is 5.54 Å². The zero-order valence-corrected chi connectivity index (χ0v) is 19.6. The van der Waals surface area contributed by atoms with Crippen LogP contribution in [0.25, 0.3) is 0 Å². The van der Waals surface area contributed by atoms with Gasteiger partial charge < -0.3 is 20.3 Å². The molecule has 1 saturated carbocycles. The second kappa shape index (κ2) is 9.66. The highest BCUT2D eigenvalue weighted by Gasteiger charge is 2.38. The third-order valence-electron chi connectivity index (χ3n) is 7.21. The molecule has 174 valence electrons. The van der Waals surface area contributed by atoms with Crippen LogP contribution in [0.15, 0.2) is 42.5 Å². The van der Waals surface area contributed by atoms with Crippen molar-refractivity contribution < 1.29 is 23.6 Å². The summed E-state index contributed by atoms with van der Waals surface area (Å²) in [6, 6.07) is 15.1. The zero-order valence-electron chi connectivity index (χ0n) is 18.7. The fourth-order valence-corrected chi connectivity index (χ4v) is 5.83. The van der Waals surface area contributed by atoms with Crippen molar-refractivity contribution in [1.82, 2.24) is 0 Å². The van der Waals surface area contributed by atoms with Crippen molar-refractivity contribution in [3.8, 4) is 5.75 Å². The van der Waals surface area contributed by atoms with Gasteiger partial charge in [-0.3, -0.25) is 4.52 Å². The van der Waals surface area contributed by atoms with Crippen LogP contribution in [0.1, 0.15) is 60.3 Å². The first kappa shape index (κ1) is 23.5. The van der Waals surface area contributed by atoms with E-state index in [1.54, 1.807) is 7.11 Å². The van der Waals surface area contributed by atoms with Crippen molar-refractivity contribution in [2.75, 3.05) is 13.7 Å². The highest BCUT2D eigenvalue weighted by Crippen LogP contribution is 2.44. The van der Waals surface area contributed by atoms with Crippen LogP contribution in [0.5, 0.6) is 5.75 Å². The lowest BCUT2D eigenvalue weighted by molar-refractivity contribution is 0.153. The number of fused-ring (bicyclic) bond motifs is 1. The van der Waals surface area contributed by atoms with Crippen LogP contribution < -0.4 is 10.5 Å². The molecule has 1 fully saturated rings. The van der Waals surface area contributed by atoms with Crippen LogP contribution in [-0.2, 0) is 28.4 Å². The summed E-state index contributed by atoms with van der Waals surface area (Å²) in [5, 5.41) is 0. The molecule has 0 saturated heterocycles. The highest BCUT2D eigenvalue weighted by molar-refractivity contribution is 7.46. The maximum Gasteiger partial charge on any atom is 0.469 e. The van der Waals surface area contributed by atoms with Gasteiger partial charge in [0.2, 0.25) is 0 Å². The molecule has 7 heteroatoms. The lowest BCUT2D eigenvalue weighted by Crippen LogP contribution is -2.41. The average molecular weight is 460 g/mol. The number of phosphoric ester groups is 1. The number of hydrogen-bond acceptors (Lipinski definition) is 4. The predicted octanol–water partition coefficient (Wildman–Crippen LogP) is 4.51. The van der Waals surface area contributed by atoms with E-state index in [2.05, 4.69) is 30.3 Å². The summed E-state index contributed by atoms with van der Waals surface area (Å²) in [7, 11) is -2.76. The van der Waals surface area contributed by atoms with Crippen LogP contribution in [0.4, 0.5) is 0 Å². The molecule has 6 nitrogen and oxygen atoms in total. The summed E-state index contributed by atoms with van der Waals surface area (Å²) >= 11 is 0. The largest absolute Gasteiger partial charge is 0.496 e. The van der Waals surface area contributed by atoms with E-state index in [-0.39, 0.29) is 6.61 Å². The Morgan fingerprint density at radius 3 is 2.75 bits per heavy atom. The number of nitrogens with two attached hydrogens (primary N) is 1. The van der Waals surface area contributed by atoms with Gasteiger partial charge in [-0.2, -0.15) is 0 Å². The minimum Gasteiger partial charge on any atom is -0.496 e. The van der Waals surface area contributed by atoms with E-state index in [0.717, 1.165) is 31.4 Å². The first-order valence-corrected chi connectivity index (χ1v) is 13.0. The lowest BCUT2D eigenvalue weighted by Gasteiger charge is -2.27. The van der Waals surface area contributed by atoms with E-state index in [9.17, 15) is 4.57 Å². The van der Waals surface area contributed by atoms with Crippen molar-refractivity contribution in [3.05, 3.63) is 64.7 Å². The van der Waals surface area contributed by atoms with E-state index in [0.29, 0.717) is 24.7 Å². The number of aryl methyl sites for hydroxylation is 2. The van der Waals surface area contributed by atoms with Gasteiger partial charge in [0.15, 0.2) is 0 Å². The fraction of sp³-hybridized carbons (Fsp3) is 0.520. The average Bonchev–Trinajstić information content (AvgIpc) is 3.18. The zero-order chi connectivity index (χ0) is 22.8. The molecule has 0 heterocycles. The number of methoxy groups -OCH3 is 1. The Hall–Kier alpha value is -1.69.